The van der Waals surface area contributed by atoms with Crippen LogP contribution < -0.4 is 26.8 Å². The second-order valence-corrected chi connectivity index (χ2v) is 8.05. The van der Waals surface area contributed by atoms with Crippen molar-refractivity contribution in [3.63, 3.8) is 0 Å². The van der Waals surface area contributed by atoms with Crippen molar-refractivity contribution in [2.45, 2.75) is 16.3 Å². The van der Waals surface area contributed by atoms with Gasteiger partial charge in [-0.3, -0.25) is 9.69 Å². The SMILES string of the molecule is CN(C)c1cc[n+](CC(=O)N2c3ccccc3Sc3ccc(Cl)cc32)cc1.[Cl-]. The zero-order valence-corrected chi connectivity index (χ0v) is 17.8. The molecule has 0 aliphatic carbocycles. The molecule has 1 aromatic heterocycles. The number of anilines is 3. The molecule has 4 nitrogen and oxygen atoms in total. The Morgan fingerprint density at radius 1 is 1.04 bits per heavy atom. The fourth-order valence-corrected chi connectivity index (χ4v) is 4.28. The van der Waals surface area contributed by atoms with Gasteiger partial charge < -0.3 is 17.3 Å². The van der Waals surface area contributed by atoms with Crippen LogP contribution in [0.2, 0.25) is 5.02 Å². The number of amides is 1. The molecule has 0 N–H and O–H groups in total. The molecule has 144 valence electrons. The van der Waals surface area contributed by atoms with Crippen LogP contribution in [-0.4, -0.2) is 20.0 Å². The Morgan fingerprint density at radius 3 is 2.43 bits per heavy atom. The number of hydrogen-bond donors (Lipinski definition) is 0. The number of fused-ring (bicyclic) bond motifs is 2. The summed E-state index contributed by atoms with van der Waals surface area (Å²) in [5.74, 6) is -0.00568. The van der Waals surface area contributed by atoms with Crippen LogP contribution in [0.3, 0.4) is 0 Å². The number of carbonyl (C=O) groups excluding carboxylic acids is 1. The van der Waals surface area contributed by atoms with Crippen molar-refractivity contribution >= 4 is 46.3 Å². The van der Waals surface area contributed by atoms with E-state index < -0.39 is 0 Å². The predicted octanol–water partition coefficient (Wildman–Crippen LogP) is 1.53. The van der Waals surface area contributed by atoms with Gasteiger partial charge in [-0.1, -0.05) is 35.5 Å². The van der Waals surface area contributed by atoms with E-state index in [-0.39, 0.29) is 24.9 Å². The molecule has 4 rings (SSSR count). The Labute approximate surface area is 180 Å². The summed E-state index contributed by atoms with van der Waals surface area (Å²) in [6.07, 6.45) is 3.85. The number of rotatable bonds is 3. The van der Waals surface area contributed by atoms with Gasteiger partial charge in [0.25, 0.3) is 5.91 Å². The smallest absolute Gasteiger partial charge is 0.297 e. The van der Waals surface area contributed by atoms with Gasteiger partial charge in [-0.2, -0.15) is 4.57 Å². The molecule has 28 heavy (non-hydrogen) atoms. The summed E-state index contributed by atoms with van der Waals surface area (Å²) in [5.41, 5.74) is 2.82. The van der Waals surface area contributed by atoms with Gasteiger partial charge >= 0.3 is 0 Å². The summed E-state index contributed by atoms with van der Waals surface area (Å²) in [4.78, 5) is 19.2. The molecule has 1 amide bonds. The summed E-state index contributed by atoms with van der Waals surface area (Å²) in [6.45, 7) is 0.249. The van der Waals surface area contributed by atoms with E-state index in [1.165, 1.54) is 0 Å². The average Bonchev–Trinajstić information content (AvgIpc) is 2.66. The summed E-state index contributed by atoms with van der Waals surface area (Å²) in [7, 11) is 3.99. The molecule has 0 atom stereocenters. The van der Waals surface area contributed by atoms with Crippen molar-refractivity contribution in [3.8, 4) is 0 Å². The quantitative estimate of drug-likeness (QED) is 0.588. The number of para-hydroxylation sites is 1. The number of carbonyl (C=O) groups is 1. The van der Waals surface area contributed by atoms with Crippen molar-refractivity contribution < 1.29 is 21.8 Å². The standard InChI is InChI=1S/C21H19ClN3OS.ClH/c1-23(2)16-9-11-24(12-10-16)14-21(26)25-17-5-3-4-6-19(17)27-20-8-7-15(22)13-18(20)25;/h3-13H,14H2,1-2H3;1H/q+1;/p-1. The molecule has 1 aliphatic rings. The van der Waals surface area contributed by atoms with Gasteiger partial charge in [0.1, 0.15) is 0 Å². The number of aromatic nitrogens is 1. The normalized spacial score (nSPS) is 11.9. The Bertz CT molecular complexity index is 1010. The predicted molar refractivity (Wildman–Crippen MR) is 110 cm³/mol. The van der Waals surface area contributed by atoms with Crippen molar-refractivity contribution in [2.24, 2.45) is 0 Å². The average molecular weight is 432 g/mol. The number of benzene rings is 2. The minimum Gasteiger partial charge on any atom is -1.00 e. The van der Waals surface area contributed by atoms with Gasteiger partial charge in [0.2, 0.25) is 6.54 Å². The monoisotopic (exact) mass is 431 g/mol. The van der Waals surface area contributed by atoms with Crippen LogP contribution in [-0.2, 0) is 11.3 Å². The van der Waals surface area contributed by atoms with E-state index in [2.05, 4.69) is 0 Å². The first-order chi connectivity index (χ1) is 13.0. The van der Waals surface area contributed by atoms with E-state index in [1.54, 1.807) is 16.7 Å². The van der Waals surface area contributed by atoms with Crippen LogP contribution in [0, 0.1) is 0 Å². The minimum atomic E-state index is -0.00568. The topological polar surface area (TPSA) is 27.4 Å². The van der Waals surface area contributed by atoms with Crippen molar-refractivity contribution in [1.82, 2.24) is 0 Å². The maximum Gasteiger partial charge on any atom is 0.297 e. The Hall–Kier alpha value is -2.21. The van der Waals surface area contributed by atoms with Gasteiger partial charge in [0, 0.05) is 46.7 Å². The fourth-order valence-electron chi connectivity index (χ4n) is 3.08. The third-order valence-corrected chi connectivity index (χ3v) is 5.81. The Balaban J connectivity index is 0.00000225. The van der Waals surface area contributed by atoms with Crippen LogP contribution in [0.1, 0.15) is 0 Å². The van der Waals surface area contributed by atoms with Crippen LogP contribution >= 0.6 is 23.4 Å². The van der Waals surface area contributed by atoms with Crippen molar-refractivity contribution in [3.05, 3.63) is 72.0 Å². The second-order valence-electron chi connectivity index (χ2n) is 6.53. The number of pyridine rings is 1. The van der Waals surface area contributed by atoms with E-state index in [9.17, 15) is 4.79 Å². The molecular weight excluding hydrogens is 413 g/mol. The third kappa shape index (κ3) is 3.97. The molecule has 0 unspecified atom stereocenters. The lowest BCUT2D eigenvalue weighted by Crippen LogP contribution is -3.00. The fraction of sp³-hybridized carbons (Fsp3) is 0.143. The molecule has 0 saturated heterocycles. The molecule has 2 aromatic carbocycles. The summed E-state index contributed by atoms with van der Waals surface area (Å²) >= 11 is 7.88. The van der Waals surface area contributed by atoms with E-state index >= 15 is 0 Å². The van der Waals surface area contributed by atoms with Gasteiger partial charge in [-0.05, 0) is 30.3 Å². The summed E-state index contributed by atoms with van der Waals surface area (Å²) in [6, 6.07) is 17.6. The highest BCUT2D eigenvalue weighted by Crippen LogP contribution is 2.48. The summed E-state index contributed by atoms with van der Waals surface area (Å²) in [5, 5.41) is 0.620. The highest BCUT2D eigenvalue weighted by molar-refractivity contribution is 7.99. The highest BCUT2D eigenvalue weighted by atomic mass is 35.5. The number of halogens is 2. The Kier molecular flexibility index (Phi) is 6.18. The Morgan fingerprint density at radius 2 is 1.71 bits per heavy atom. The van der Waals surface area contributed by atoms with E-state index in [0.717, 1.165) is 26.9 Å². The first-order valence-electron chi connectivity index (χ1n) is 8.59. The largest absolute Gasteiger partial charge is 1.00 e. The number of nitrogens with zero attached hydrogens (tertiary/aromatic N) is 3. The van der Waals surface area contributed by atoms with Gasteiger partial charge in [-0.15, -0.1) is 0 Å². The molecule has 3 aromatic rings. The zero-order chi connectivity index (χ0) is 19.0. The van der Waals surface area contributed by atoms with Gasteiger partial charge in [0.05, 0.1) is 11.4 Å². The van der Waals surface area contributed by atoms with Gasteiger partial charge in [0.15, 0.2) is 12.4 Å². The molecule has 7 heteroatoms. The van der Waals surface area contributed by atoms with E-state index in [1.807, 2.05) is 90.6 Å². The third-order valence-electron chi connectivity index (χ3n) is 4.45. The van der Waals surface area contributed by atoms with Crippen LogP contribution in [0.4, 0.5) is 17.1 Å². The minimum absolute atomic E-state index is 0. The zero-order valence-electron chi connectivity index (χ0n) is 15.5. The van der Waals surface area contributed by atoms with Gasteiger partial charge in [-0.25, -0.2) is 0 Å². The van der Waals surface area contributed by atoms with E-state index in [4.69, 9.17) is 11.6 Å². The van der Waals surface area contributed by atoms with E-state index in [0.29, 0.717) is 5.02 Å². The lowest BCUT2D eigenvalue weighted by molar-refractivity contribution is -0.684. The van der Waals surface area contributed by atoms with Crippen LogP contribution in [0.25, 0.3) is 0 Å². The molecular formula is C21H19Cl2N3OS. The molecule has 0 fully saturated rings. The van der Waals surface area contributed by atoms with Crippen molar-refractivity contribution in [1.29, 1.82) is 0 Å². The molecule has 0 bridgehead atoms. The molecule has 0 spiro atoms. The highest BCUT2D eigenvalue weighted by Gasteiger charge is 2.30. The molecule has 2 heterocycles. The lowest BCUT2D eigenvalue weighted by Gasteiger charge is -2.30. The summed E-state index contributed by atoms with van der Waals surface area (Å²) < 4.78 is 1.89. The molecule has 1 aliphatic heterocycles. The first kappa shape index (κ1) is 20.5. The van der Waals surface area contributed by atoms with Crippen LogP contribution in [0.5, 0.6) is 0 Å². The maximum atomic E-state index is 13.3. The van der Waals surface area contributed by atoms with Crippen LogP contribution in [0.15, 0.2) is 76.8 Å². The maximum absolute atomic E-state index is 13.3. The first-order valence-corrected chi connectivity index (χ1v) is 9.78. The molecule has 0 radical (unpaired) electrons. The molecule has 0 saturated carbocycles. The lowest BCUT2D eigenvalue weighted by atomic mass is 10.2. The second kappa shape index (κ2) is 8.43. The van der Waals surface area contributed by atoms with Crippen molar-refractivity contribution in [2.75, 3.05) is 23.9 Å². The number of hydrogen-bond acceptors (Lipinski definition) is 3.